The molecule has 0 radical (unpaired) electrons. The van der Waals surface area contributed by atoms with Gasteiger partial charge in [-0.2, -0.15) is 8.42 Å². The number of rotatable bonds is 5. The minimum Gasteiger partial charge on any atom is -0.341 e. The summed E-state index contributed by atoms with van der Waals surface area (Å²) >= 11 is 5.76. The first-order valence-electron chi connectivity index (χ1n) is 5.37. The van der Waals surface area contributed by atoms with E-state index in [9.17, 15) is 13.2 Å². The molecule has 0 aliphatic heterocycles. The highest BCUT2D eigenvalue weighted by molar-refractivity contribution is 8.07. The fourth-order valence-electron chi connectivity index (χ4n) is 1.11. The molecular formula is C10H14ClN3O3S. The van der Waals surface area contributed by atoms with Crippen LogP contribution in [0.4, 0.5) is 10.5 Å². The van der Waals surface area contributed by atoms with E-state index < -0.39 is 15.3 Å². The van der Waals surface area contributed by atoms with Gasteiger partial charge in [-0.25, -0.2) is 0 Å². The van der Waals surface area contributed by atoms with Crippen LogP contribution >= 0.6 is 11.6 Å². The van der Waals surface area contributed by atoms with E-state index in [-0.39, 0.29) is 10.7 Å². The lowest BCUT2D eigenvalue weighted by Gasteiger charge is -2.08. The summed E-state index contributed by atoms with van der Waals surface area (Å²) < 4.78 is 25.4. The summed E-state index contributed by atoms with van der Waals surface area (Å²) in [7, 11) is -4.14. The maximum Gasteiger partial charge on any atom is 0.357 e. The van der Waals surface area contributed by atoms with Crippen molar-refractivity contribution < 1.29 is 13.2 Å². The molecule has 2 N–H and O–H groups in total. The van der Waals surface area contributed by atoms with Crippen molar-refractivity contribution in [1.82, 2.24) is 10.3 Å². The number of pyridine rings is 1. The van der Waals surface area contributed by atoms with Crippen LogP contribution in [0.1, 0.15) is 19.8 Å². The molecule has 0 aliphatic carbocycles. The third-order valence-electron chi connectivity index (χ3n) is 2.06. The summed E-state index contributed by atoms with van der Waals surface area (Å²) in [6.45, 7) is 2.26. The van der Waals surface area contributed by atoms with Crippen LogP contribution < -0.4 is 10.0 Å². The molecular weight excluding hydrogens is 278 g/mol. The second kappa shape index (κ2) is 6.55. The minimum atomic E-state index is -4.14. The van der Waals surface area contributed by atoms with Gasteiger partial charge in [0.2, 0.25) is 0 Å². The number of amides is 1. The Bertz CT molecular complexity index is 519. The van der Waals surface area contributed by atoms with Gasteiger partial charge in [-0.1, -0.05) is 24.9 Å². The van der Waals surface area contributed by atoms with Crippen molar-refractivity contribution in [3.8, 4) is 0 Å². The lowest BCUT2D eigenvalue weighted by molar-refractivity contribution is 0.258. The van der Waals surface area contributed by atoms with E-state index in [2.05, 4.69) is 15.0 Å². The molecule has 0 atom stereocenters. The number of halogens is 1. The molecule has 0 saturated heterocycles. The van der Waals surface area contributed by atoms with Gasteiger partial charge in [0.1, 0.15) is 0 Å². The van der Waals surface area contributed by atoms with Gasteiger partial charge in [0.15, 0.2) is 0 Å². The molecule has 0 unspecified atom stereocenters. The molecule has 6 nitrogen and oxygen atoms in total. The highest BCUT2D eigenvalue weighted by Gasteiger charge is 2.22. The third kappa shape index (κ3) is 4.15. The first-order valence-corrected chi connectivity index (χ1v) is 7.23. The van der Waals surface area contributed by atoms with Crippen LogP contribution in [0.5, 0.6) is 0 Å². The van der Waals surface area contributed by atoms with Crippen molar-refractivity contribution in [2.75, 3.05) is 11.3 Å². The van der Waals surface area contributed by atoms with Crippen LogP contribution in [-0.4, -0.2) is 25.2 Å². The SMILES string of the molecule is CCCCNC(=O)S(=O)(=O)Nc1cnccc1Cl. The molecule has 0 spiro atoms. The number of sulfonamides is 1. The van der Waals surface area contributed by atoms with Gasteiger partial charge < -0.3 is 5.32 Å². The van der Waals surface area contributed by atoms with E-state index in [4.69, 9.17) is 11.6 Å². The topological polar surface area (TPSA) is 88.2 Å². The van der Waals surface area contributed by atoms with Crippen molar-refractivity contribution in [1.29, 1.82) is 0 Å². The van der Waals surface area contributed by atoms with E-state index >= 15 is 0 Å². The number of nitrogens with one attached hydrogen (secondary N) is 2. The lowest BCUT2D eigenvalue weighted by atomic mass is 10.3. The largest absolute Gasteiger partial charge is 0.357 e. The molecule has 1 heterocycles. The second-order valence-electron chi connectivity index (χ2n) is 3.53. The van der Waals surface area contributed by atoms with Crippen molar-refractivity contribution in [2.45, 2.75) is 19.8 Å². The van der Waals surface area contributed by atoms with Crippen molar-refractivity contribution >= 4 is 32.6 Å². The number of hydrogen-bond acceptors (Lipinski definition) is 4. The van der Waals surface area contributed by atoms with Crippen LogP contribution in [0.15, 0.2) is 18.5 Å². The Kier molecular flexibility index (Phi) is 5.36. The van der Waals surface area contributed by atoms with Gasteiger partial charge in [0, 0.05) is 12.7 Å². The van der Waals surface area contributed by atoms with E-state index in [0.717, 1.165) is 12.8 Å². The third-order valence-corrected chi connectivity index (χ3v) is 3.51. The molecule has 8 heteroatoms. The van der Waals surface area contributed by atoms with Gasteiger partial charge in [0.25, 0.3) is 0 Å². The molecule has 0 bridgehead atoms. The maximum absolute atomic E-state index is 11.6. The number of hydrogen-bond donors (Lipinski definition) is 2. The smallest absolute Gasteiger partial charge is 0.341 e. The van der Waals surface area contributed by atoms with Gasteiger partial charge in [-0.15, -0.1) is 0 Å². The number of unbranched alkanes of at least 4 members (excludes halogenated alkanes) is 1. The Labute approximate surface area is 111 Å². The second-order valence-corrected chi connectivity index (χ2v) is 5.52. The van der Waals surface area contributed by atoms with Gasteiger partial charge >= 0.3 is 15.3 Å². The monoisotopic (exact) mass is 291 g/mol. The first-order chi connectivity index (χ1) is 8.47. The summed E-state index contributed by atoms with van der Waals surface area (Å²) in [5, 5.41) is 1.41. The standard InChI is InChI=1S/C10H14ClN3O3S/c1-2-3-5-13-10(15)18(16,17)14-9-7-12-6-4-8(9)11/h4,6-7,14H,2-3,5H2,1H3,(H,13,15). The predicted octanol–water partition coefficient (Wildman–Crippen LogP) is 1.99. The van der Waals surface area contributed by atoms with Crippen molar-refractivity contribution in [2.24, 2.45) is 0 Å². The number of anilines is 1. The van der Waals surface area contributed by atoms with Crippen molar-refractivity contribution in [3.63, 3.8) is 0 Å². The van der Waals surface area contributed by atoms with Crippen LogP contribution in [0.3, 0.4) is 0 Å². The van der Waals surface area contributed by atoms with Crippen LogP contribution in [0, 0.1) is 0 Å². The van der Waals surface area contributed by atoms with Crippen molar-refractivity contribution in [3.05, 3.63) is 23.5 Å². The van der Waals surface area contributed by atoms with Crippen LogP contribution in [0.25, 0.3) is 0 Å². The quantitative estimate of drug-likeness (QED) is 0.812. The molecule has 1 aromatic heterocycles. The zero-order valence-corrected chi connectivity index (χ0v) is 11.4. The average Bonchev–Trinajstić information content (AvgIpc) is 2.32. The molecule has 1 rings (SSSR count). The minimum absolute atomic E-state index is 0.0739. The maximum atomic E-state index is 11.6. The molecule has 0 saturated carbocycles. The van der Waals surface area contributed by atoms with E-state index in [1.165, 1.54) is 18.5 Å². The van der Waals surface area contributed by atoms with Gasteiger partial charge in [-0.3, -0.25) is 14.5 Å². The first kappa shape index (κ1) is 14.7. The highest BCUT2D eigenvalue weighted by Crippen LogP contribution is 2.20. The summed E-state index contributed by atoms with van der Waals surface area (Å²) in [6.07, 6.45) is 4.23. The molecule has 0 aromatic carbocycles. The molecule has 18 heavy (non-hydrogen) atoms. The Morgan fingerprint density at radius 1 is 1.50 bits per heavy atom. The van der Waals surface area contributed by atoms with Crippen LogP contribution in [-0.2, 0) is 10.0 Å². The molecule has 1 aromatic rings. The van der Waals surface area contributed by atoms with Gasteiger partial charge in [-0.05, 0) is 12.5 Å². The highest BCUT2D eigenvalue weighted by atomic mass is 35.5. The average molecular weight is 292 g/mol. The van der Waals surface area contributed by atoms with Crippen LogP contribution in [0.2, 0.25) is 5.02 Å². The summed E-state index contributed by atoms with van der Waals surface area (Å²) in [5.74, 6) is 0. The predicted molar refractivity (Wildman–Crippen MR) is 70.1 cm³/mol. The Morgan fingerprint density at radius 3 is 2.83 bits per heavy atom. The molecule has 0 aliphatic rings. The summed E-state index contributed by atoms with van der Waals surface area (Å²) in [6, 6.07) is 1.42. The number of carbonyl (C=O) groups is 1. The number of aromatic nitrogens is 1. The molecule has 1 amide bonds. The fraction of sp³-hybridized carbons (Fsp3) is 0.400. The van der Waals surface area contributed by atoms with E-state index in [0.29, 0.717) is 6.54 Å². The number of carbonyl (C=O) groups excluding carboxylic acids is 1. The zero-order chi connectivity index (χ0) is 13.6. The summed E-state index contributed by atoms with van der Waals surface area (Å²) in [4.78, 5) is 15.2. The summed E-state index contributed by atoms with van der Waals surface area (Å²) in [5.41, 5.74) is 0.0739. The lowest BCUT2D eigenvalue weighted by Crippen LogP contribution is -2.34. The zero-order valence-electron chi connectivity index (χ0n) is 9.81. The molecule has 0 fully saturated rings. The Hall–Kier alpha value is -1.34. The molecule has 100 valence electrons. The van der Waals surface area contributed by atoms with E-state index in [1.54, 1.807) is 0 Å². The van der Waals surface area contributed by atoms with Gasteiger partial charge in [0.05, 0.1) is 16.9 Å². The fourth-order valence-corrected chi connectivity index (χ4v) is 2.15. The Balaban J connectivity index is 2.70. The van der Waals surface area contributed by atoms with E-state index in [1.807, 2.05) is 6.92 Å². The normalized spacial score (nSPS) is 11.0. The Morgan fingerprint density at radius 2 is 2.22 bits per heavy atom. The number of nitrogens with zero attached hydrogens (tertiary/aromatic N) is 1.